The van der Waals surface area contributed by atoms with Crippen molar-refractivity contribution in [3.63, 3.8) is 0 Å². The molecule has 0 radical (unpaired) electrons. The zero-order chi connectivity index (χ0) is 15.4. The standard InChI is InChI=1S/C15H18F2N2O2/c1-10(20)19-6-4-12(5-7-19)15(21)18-9-11-2-3-13(16)14(17)8-11/h2-3,8,12H,4-7,9H2,1H3,(H,18,21). The number of hydrogen-bond donors (Lipinski definition) is 1. The van der Waals surface area contributed by atoms with E-state index in [4.69, 9.17) is 0 Å². The second-order valence-electron chi connectivity index (χ2n) is 5.25. The highest BCUT2D eigenvalue weighted by molar-refractivity contribution is 5.79. The van der Waals surface area contributed by atoms with Crippen LogP contribution in [-0.4, -0.2) is 29.8 Å². The molecule has 1 aromatic carbocycles. The molecule has 1 aromatic rings. The Hall–Kier alpha value is -1.98. The number of nitrogens with one attached hydrogen (secondary N) is 1. The highest BCUT2D eigenvalue weighted by Gasteiger charge is 2.25. The Balaban J connectivity index is 1.82. The van der Waals surface area contributed by atoms with Gasteiger partial charge in [0.25, 0.3) is 0 Å². The number of carbonyl (C=O) groups excluding carboxylic acids is 2. The van der Waals surface area contributed by atoms with Gasteiger partial charge in [0, 0.05) is 32.5 Å². The third-order valence-electron chi connectivity index (χ3n) is 3.76. The molecule has 2 amide bonds. The second-order valence-corrected chi connectivity index (χ2v) is 5.25. The fourth-order valence-corrected chi connectivity index (χ4v) is 2.44. The summed E-state index contributed by atoms with van der Waals surface area (Å²) in [7, 11) is 0. The Kier molecular flexibility index (Phi) is 4.88. The number of rotatable bonds is 3. The molecule has 1 aliphatic heterocycles. The van der Waals surface area contributed by atoms with Crippen molar-refractivity contribution in [1.29, 1.82) is 0 Å². The summed E-state index contributed by atoms with van der Waals surface area (Å²) in [6.07, 6.45) is 1.26. The van der Waals surface area contributed by atoms with Crippen molar-refractivity contribution < 1.29 is 18.4 Å². The number of carbonyl (C=O) groups is 2. The zero-order valence-corrected chi connectivity index (χ0v) is 11.9. The average molecular weight is 296 g/mol. The Bertz CT molecular complexity index is 540. The van der Waals surface area contributed by atoms with Crippen LogP contribution in [0.2, 0.25) is 0 Å². The van der Waals surface area contributed by atoms with Crippen molar-refractivity contribution in [3.05, 3.63) is 35.4 Å². The van der Waals surface area contributed by atoms with Crippen LogP contribution in [0.1, 0.15) is 25.3 Å². The van der Waals surface area contributed by atoms with Gasteiger partial charge in [0.2, 0.25) is 11.8 Å². The summed E-state index contributed by atoms with van der Waals surface area (Å²) >= 11 is 0. The maximum absolute atomic E-state index is 13.1. The molecule has 1 heterocycles. The topological polar surface area (TPSA) is 49.4 Å². The Labute approximate surface area is 122 Å². The van der Waals surface area contributed by atoms with Crippen molar-refractivity contribution in [1.82, 2.24) is 10.2 Å². The minimum Gasteiger partial charge on any atom is -0.352 e. The number of likely N-dealkylation sites (tertiary alicyclic amines) is 1. The Morgan fingerprint density at radius 2 is 1.90 bits per heavy atom. The van der Waals surface area contributed by atoms with Crippen molar-refractivity contribution in [3.8, 4) is 0 Å². The molecule has 6 heteroatoms. The van der Waals surface area contributed by atoms with Crippen molar-refractivity contribution >= 4 is 11.8 Å². The van der Waals surface area contributed by atoms with Gasteiger partial charge in [-0.3, -0.25) is 9.59 Å². The third kappa shape index (κ3) is 4.00. The van der Waals surface area contributed by atoms with E-state index in [1.54, 1.807) is 4.90 Å². The molecule has 1 saturated heterocycles. The summed E-state index contributed by atoms with van der Waals surface area (Å²) < 4.78 is 25.8. The lowest BCUT2D eigenvalue weighted by Crippen LogP contribution is -2.42. The van der Waals surface area contributed by atoms with Crippen LogP contribution < -0.4 is 5.32 Å². The van der Waals surface area contributed by atoms with Crippen molar-refractivity contribution in [2.24, 2.45) is 5.92 Å². The van der Waals surface area contributed by atoms with E-state index < -0.39 is 11.6 Å². The molecule has 0 aliphatic carbocycles. The monoisotopic (exact) mass is 296 g/mol. The summed E-state index contributed by atoms with van der Waals surface area (Å²) in [4.78, 5) is 24.9. The molecule has 0 bridgehead atoms. The van der Waals surface area contributed by atoms with Gasteiger partial charge >= 0.3 is 0 Å². The van der Waals surface area contributed by atoms with Crippen LogP contribution in [0.25, 0.3) is 0 Å². The van der Waals surface area contributed by atoms with Gasteiger partial charge in [0.1, 0.15) is 0 Å². The Morgan fingerprint density at radius 1 is 1.24 bits per heavy atom. The normalized spacial score (nSPS) is 15.9. The fraction of sp³-hybridized carbons (Fsp3) is 0.467. The minimum absolute atomic E-state index is 0.0237. The molecule has 2 rings (SSSR count). The van der Waals surface area contributed by atoms with Crippen LogP contribution in [0.3, 0.4) is 0 Å². The molecule has 1 aliphatic rings. The summed E-state index contributed by atoms with van der Waals surface area (Å²) in [6, 6.07) is 3.56. The van der Waals surface area contributed by atoms with Crippen LogP contribution in [-0.2, 0) is 16.1 Å². The van der Waals surface area contributed by atoms with Gasteiger partial charge in [-0.05, 0) is 30.5 Å². The number of hydrogen-bond acceptors (Lipinski definition) is 2. The predicted molar refractivity (Wildman–Crippen MR) is 73.2 cm³/mol. The molecule has 0 aromatic heterocycles. The maximum atomic E-state index is 13.1. The first-order valence-electron chi connectivity index (χ1n) is 6.94. The highest BCUT2D eigenvalue weighted by atomic mass is 19.2. The molecule has 1 N–H and O–H groups in total. The molecule has 114 valence electrons. The van der Waals surface area contributed by atoms with E-state index in [1.165, 1.54) is 13.0 Å². The van der Waals surface area contributed by atoms with Gasteiger partial charge in [0.05, 0.1) is 0 Å². The van der Waals surface area contributed by atoms with E-state index in [2.05, 4.69) is 5.32 Å². The van der Waals surface area contributed by atoms with E-state index in [0.29, 0.717) is 31.5 Å². The summed E-state index contributed by atoms with van der Waals surface area (Å²) in [6.45, 7) is 2.85. The summed E-state index contributed by atoms with van der Waals surface area (Å²) in [5.74, 6) is -2.04. The minimum atomic E-state index is -0.920. The van der Waals surface area contributed by atoms with Crippen LogP contribution in [0.15, 0.2) is 18.2 Å². The maximum Gasteiger partial charge on any atom is 0.223 e. The quantitative estimate of drug-likeness (QED) is 0.925. The molecular formula is C15H18F2N2O2. The first-order valence-corrected chi connectivity index (χ1v) is 6.94. The number of halogens is 2. The van der Waals surface area contributed by atoms with E-state index in [1.807, 2.05) is 0 Å². The molecular weight excluding hydrogens is 278 g/mol. The van der Waals surface area contributed by atoms with E-state index in [0.717, 1.165) is 12.1 Å². The van der Waals surface area contributed by atoms with E-state index in [9.17, 15) is 18.4 Å². The fourth-order valence-electron chi connectivity index (χ4n) is 2.44. The van der Waals surface area contributed by atoms with Gasteiger partial charge in [-0.1, -0.05) is 6.07 Å². The summed E-state index contributed by atoms with van der Waals surface area (Å²) in [5, 5.41) is 2.73. The lowest BCUT2D eigenvalue weighted by Gasteiger charge is -2.30. The number of nitrogens with zero attached hydrogens (tertiary/aromatic N) is 1. The number of benzene rings is 1. The molecule has 0 unspecified atom stereocenters. The molecule has 0 atom stereocenters. The smallest absolute Gasteiger partial charge is 0.223 e. The van der Waals surface area contributed by atoms with Crippen LogP contribution in [0.4, 0.5) is 8.78 Å². The highest BCUT2D eigenvalue weighted by Crippen LogP contribution is 2.17. The van der Waals surface area contributed by atoms with Crippen LogP contribution in [0, 0.1) is 17.6 Å². The average Bonchev–Trinajstić information content (AvgIpc) is 2.48. The van der Waals surface area contributed by atoms with Gasteiger partial charge in [-0.15, -0.1) is 0 Å². The third-order valence-corrected chi connectivity index (χ3v) is 3.76. The molecule has 4 nitrogen and oxygen atoms in total. The van der Waals surface area contributed by atoms with E-state index >= 15 is 0 Å². The largest absolute Gasteiger partial charge is 0.352 e. The molecule has 0 saturated carbocycles. The van der Waals surface area contributed by atoms with Gasteiger partial charge in [-0.2, -0.15) is 0 Å². The molecule has 21 heavy (non-hydrogen) atoms. The van der Waals surface area contributed by atoms with Crippen LogP contribution in [0.5, 0.6) is 0 Å². The predicted octanol–water partition coefficient (Wildman–Crippen LogP) is 1.84. The first kappa shape index (κ1) is 15.4. The SMILES string of the molecule is CC(=O)N1CCC(C(=O)NCc2ccc(F)c(F)c2)CC1. The van der Waals surface area contributed by atoms with E-state index in [-0.39, 0.29) is 24.3 Å². The zero-order valence-electron chi connectivity index (χ0n) is 11.9. The second kappa shape index (κ2) is 6.65. The molecule has 1 fully saturated rings. The molecule has 0 spiro atoms. The number of piperidine rings is 1. The lowest BCUT2D eigenvalue weighted by atomic mass is 9.96. The lowest BCUT2D eigenvalue weighted by molar-refractivity contribution is -0.134. The number of amides is 2. The van der Waals surface area contributed by atoms with Crippen molar-refractivity contribution in [2.75, 3.05) is 13.1 Å². The summed E-state index contributed by atoms with van der Waals surface area (Å²) in [5.41, 5.74) is 0.517. The van der Waals surface area contributed by atoms with Crippen molar-refractivity contribution in [2.45, 2.75) is 26.3 Å². The van der Waals surface area contributed by atoms with Gasteiger partial charge < -0.3 is 10.2 Å². The first-order chi connectivity index (χ1) is 9.97. The van der Waals surface area contributed by atoms with Crippen LogP contribution >= 0.6 is 0 Å². The van der Waals surface area contributed by atoms with Gasteiger partial charge in [0.15, 0.2) is 11.6 Å². The van der Waals surface area contributed by atoms with Gasteiger partial charge in [-0.25, -0.2) is 8.78 Å². The Morgan fingerprint density at radius 3 is 2.48 bits per heavy atom.